The van der Waals surface area contributed by atoms with Crippen molar-refractivity contribution in [1.82, 2.24) is 24.6 Å². The number of para-hydroxylation sites is 1. The van der Waals surface area contributed by atoms with Crippen molar-refractivity contribution >= 4 is 34.4 Å². The van der Waals surface area contributed by atoms with Crippen molar-refractivity contribution in [3.63, 3.8) is 0 Å². The predicted molar refractivity (Wildman–Crippen MR) is 144 cm³/mol. The van der Waals surface area contributed by atoms with Crippen LogP contribution in [0.25, 0.3) is 16.7 Å². The van der Waals surface area contributed by atoms with E-state index in [1.165, 1.54) is 5.56 Å². The van der Waals surface area contributed by atoms with Crippen molar-refractivity contribution in [3.05, 3.63) is 77.7 Å². The van der Waals surface area contributed by atoms with Crippen LogP contribution in [-0.4, -0.2) is 62.6 Å². The van der Waals surface area contributed by atoms with E-state index in [2.05, 4.69) is 41.2 Å². The summed E-state index contributed by atoms with van der Waals surface area (Å²) in [6.07, 6.45) is 2.48. The second-order valence-electron chi connectivity index (χ2n) is 10.1. The summed E-state index contributed by atoms with van der Waals surface area (Å²) in [7, 11) is 0. The van der Waals surface area contributed by atoms with Crippen molar-refractivity contribution in [2.75, 3.05) is 37.0 Å². The summed E-state index contributed by atoms with van der Waals surface area (Å²) in [6, 6.07) is 18.5. The van der Waals surface area contributed by atoms with Crippen LogP contribution in [0.4, 0.5) is 5.82 Å². The van der Waals surface area contributed by atoms with Crippen LogP contribution < -0.4 is 4.90 Å². The van der Waals surface area contributed by atoms with Gasteiger partial charge in [-0.3, -0.25) is 4.79 Å². The number of fused-ring (bicyclic) bond motifs is 1. The van der Waals surface area contributed by atoms with Gasteiger partial charge >= 0.3 is 0 Å². The number of nitrogens with zero attached hydrogens (tertiary/aromatic N) is 6. The number of halogens is 1. The number of aromatic nitrogens is 4. The van der Waals surface area contributed by atoms with Gasteiger partial charge in [0.2, 0.25) is 5.91 Å². The van der Waals surface area contributed by atoms with E-state index >= 15 is 0 Å². The Labute approximate surface area is 216 Å². The number of aryl methyl sites for hydroxylation is 1. The molecule has 7 nitrogen and oxygen atoms in total. The van der Waals surface area contributed by atoms with Gasteiger partial charge in [-0.1, -0.05) is 48.0 Å². The Morgan fingerprint density at radius 3 is 2.33 bits per heavy atom. The van der Waals surface area contributed by atoms with Gasteiger partial charge in [0, 0.05) is 38.5 Å². The second-order valence-corrected chi connectivity index (χ2v) is 10.3. The standard InChI is InChI=1S/C28H31ClN6O/c1-20-9-11-21(12-10-20)17-24-31-25(33-13-15-34(16-14-33)27(36)28(2,3)19-29)23-18-30-35(26(23)32-24)22-7-5-4-6-8-22/h4-12,18H,13-17,19H2,1-3H3. The Kier molecular flexibility index (Phi) is 6.67. The van der Waals surface area contributed by atoms with E-state index < -0.39 is 5.41 Å². The molecule has 0 aliphatic carbocycles. The van der Waals surface area contributed by atoms with Crippen LogP contribution in [0.15, 0.2) is 60.8 Å². The summed E-state index contributed by atoms with van der Waals surface area (Å²) in [5.41, 5.74) is 3.56. The largest absolute Gasteiger partial charge is 0.352 e. The predicted octanol–water partition coefficient (Wildman–Crippen LogP) is 4.63. The van der Waals surface area contributed by atoms with Crippen LogP contribution in [-0.2, 0) is 11.2 Å². The summed E-state index contributed by atoms with van der Waals surface area (Å²) in [5, 5.41) is 5.59. The maximum Gasteiger partial charge on any atom is 0.229 e. The highest BCUT2D eigenvalue weighted by atomic mass is 35.5. The van der Waals surface area contributed by atoms with Gasteiger partial charge in [0.25, 0.3) is 0 Å². The zero-order valence-electron chi connectivity index (χ0n) is 21.0. The Balaban J connectivity index is 1.50. The number of benzene rings is 2. The van der Waals surface area contributed by atoms with Crippen LogP contribution in [0, 0.1) is 12.3 Å². The molecule has 1 fully saturated rings. The maximum atomic E-state index is 12.9. The number of hydrogen-bond acceptors (Lipinski definition) is 5. The van der Waals surface area contributed by atoms with Gasteiger partial charge in [-0.15, -0.1) is 11.6 Å². The molecule has 5 rings (SSSR count). The normalized spacial score (nSPS) is 14.4. The first-order chi connectivity index (χ1) is 17.4. The zero-order valence-corrected chi connectivity index (χ0v) is 21.7. The third-order valence-corrected chi connectivity index (χ3v) is 7.39. The fourth-order valence-corrected chi connectivity index (χ4v) is 4.62. The number of piperazine rings is 1. The summed E-state index contributed by atoms with van der Waals surface area (Å²) in [5.74, 6) is 2.02. The van der Waals surface area contributed by atoms with Crippen molar-refractivity contribution in [2.45, 2.75) is 27.2 Å². The summed E-state index contributed by atoms with van der Waals surface area (Å²) < 4.78 is 1.88. The molecule has 2 aromatic heterocycles. The van der Waals surface area contributed by atoms with Gasteiger partial charge < -0.3 is 9.80 Å². The summed E-state index contributed by atoms with van der Waals surface area (Å²) in [6.45, 7) is 8.53. The molecule has 1 aliphatic heterocycles. The average molecular weight is 503 g/mol. The smallest absolute Gasteiger partial charge is 0.229 e. The number of rotatable bonds is 6. The third kappa shape index (κ3) is 4.80. The molecule has 0 spiro atoms. The molecule has 0 saturated carbocycles. The van der Waals surface area contributed by atoms with Gasteiger partial charge in [0.15, 0.2) is 5.65 Å². The fraction of sp³-hybridized carbons (Fsp3) is 0.357. The Bertz CT molecular complexity index is 1360. The summed E-state index contributed by atoms with van der Waals surface area (Å²) in [4.78, 5) is 27.1. The van der Waals surface area contributed by atoms with Gasteiger partial charge in [0.1, 0.15) is 11.6 Å². The lowest BCUT2D eigenvalue weighted by atomic mass is 9.94. The molecule has 36 heavy (non-hydrogen) atoms. The number of hydrogen-bond donors (Lipinski definition) is 0. The molecule has 2 aromatic carbocycles. The van der Waals surface area contributed by atoms with E-state index in [1.807, 2.05) is 60.0 Å². The van der Waals surface area contributed by atoms with E-state index in [0.717, 1.165) is 33.9 Å². The van der Waals surface area contributed by atoms with Crippen LogP contribution >= 0.6 is 11.6 Å². The number of anilines is 1. The topological polar surface area (TPSA) is 67.2 Å². The molecule has 1 aliphatic rings. The molecule has 1 saturated heterocycles. The third-order valence-electron chi connectivity index (χ3n) is 6.72. The van der Waals surface area contributed by atoms with Gasteiger partial charge in [-0.2, -0.15) is 5.10 Å². The minimum Gasteiger partial charge on any atom is -0.352 e. The molecule has 0 unspecified atom stereocenters. The molecule has 186 valence electrons. The fourth-order valence-electron chi connectivity index (χ4n) is 4.51. The molecule has 0 radical (unpaired) electrons. The SMILES string of the molecule is Cc1ccc(Cc2nc(N3CCN(C(=O)C(C)(C)CCl)CC3)c3cnn(-c4ccccc4)c3n2)cc1. The van der Waals surface area contributed by atoms with Crippen molar-refractivity contribution in [3.8, 4) is 5.69 Å². The second kappa shape index (κ2) is 9.90. The van der Waals surface area contributed by atoms with E-state index in [1.54, 1.807) is 0 Å². The van der Waals surface area contributed by atoms with Crippen LogP contribution in [0.3, 0.4) is 0 Å². The van der Waals surface area contributed by atoms with Crippen LogP contribution in [0.1, 0.15) is 30.8 Å². The first-order valence-corrected chi connectivity index (χ1v) is 12.8. The molecule has 0 bridgehead atoms. The Morgan fingerprint density at radius 1 is 0.972 bits per heavy atom. The van der Waals surface area contributed by atoms with Crippen molar-refractivity contribution < 1.29 is 4.79 Å². The molecular weight excluding hydrogens is 472 g/mol. The van der Waals surface area contributed by atoms with Crippen molar-refractivity contribution in [1.29, 1.82) is 0 Å². The molecule has 8 heteroatoms. The number of carbonyl (C=O) groups excluding carboxylic acids is 1. The Hall–Kier alpha value is -3.45. The van der Waals surface area contributed by atoms with E-state index in [0.29, 0.717) is 38.5 Å². The Morgan fingerprint density at radius 2 is 1.67 bits per heavy atom. The maximum absolute atomic E-state index is 12.9. The van der Waals surface area contributed by atoms with Gasteiger partial charge in [0.05, 0.1) is 22.7 Å². The minimum absolute atomic E-state index is 0.0990. The summed E-state index contributed by atoms with van der Waals surface area (Å²) >= 11 is 6.06. The highest BCUT2D eigenvalue weighted by Crippen LogP contribution is 2.28. The first kappa shape index (κ1) is 24.3. The molecule has 4 aromatic rings. The van der Waals surface area contributed by atoms with Gasteiger partial charge in [-0.25, -0.2) is 14.6 Å². The van der Waals surface area contributed by atoms with E-state index in [4.69, 9.17) is 21.6 Å². The van der Waals surface area contributed by atoms with E-state index in [9.17, 15) is 4.79 Å². The van der Waals surface area contributed by atoms with Crippen LogP contribution in [0.2, 0.25) is 0 Å². The molecule has 1 amide bonds. The number of amides is 1. The highest BCUT2D eigenvalue weighted by molar-refractivity contribution is 6.19. The first-order valence-electron chi connectivity index (χ1n) is 12.3. The minimum atomic E-state index is -0.566. The number of alkyl halides is 1. The lowest BCUT2D eigenvalue weighted by Crippen LogP contribution is -2.52. The molecule has 3 heterocycles. The highest BCUT2D eigenvalue weighted by Gasteiger charge is 2.33. The van der Waals surface area contributed by atoms with E-state index in [-0.39, 0.29) is 5.91 Å². The quantitative estimate of drug-likeness (QED) is 0.360. The van der Waals surface area contributed by atoms with Gasteiger partial charge in [-0.05, 0) is 38.5 Å². The number of carbonyl (C=O) groups is 1. The molecule has 0 atom stereocenters. The lowest BCUT2D eigenvalue weighted by Gasteiger charge is -2.38. The van der Waals surface area contributed by atoms with Crippen LogP contribution in [0.5, 0.6) is 0 Å². The van der Waals surface area contributed by atoms with Crippen molar-refractivity contribution in [2.24, 2.45) is 5.41 Å². The molecule has 0 N–H and O–H groups in total. The average Bonchev–Trinajstić information content (AvgIpc) is 3.34. The molecular formula is C28H31ClN6O. The zero-order chi connectivity index (χ0) is 25.3. The monoisotopic (exact) mass is 502 g/mol. The lowest BCUT2D eigenvalue weighted by molar-refractivity contribution is -0.139.